The smallest absolute Gasteiger partial charge is 0.363 e. The van der Waals surface area contributed by atoms with Crippen LogP contribution in [-0.4, -0.2) is 159 Å². The number of nitrogens with one attached hydrogen (secondary N) is 3. The van der Waals surface area contributed by atoms with Crippen LogP contribution in [0.15, 0.2) is 292 Å². The molecule has 4 aliphatic carbocycles. The molecule has 1 saturated heterocycles. The largest absolute Gasteiger partial charge is 0.507 e. The quantitative estimate of drug-likeness (QED) is 0.0177. The average Bonchev–Trinajstić information content (AvgIpc) is 0.783. The number of carboxylic acid groups (broad SMARTS) is 6. The Kier molecular flexibility index (Phi) is 28.7. The van der Waals surface area contributed by atoms with Gasteiger partial charge in [0.2, 0.25) is 0 Å². The van der Waals surface area contributed by atoms with Gasteiger partial charge in [0, 0.05) is 204 Å². The third kappa shape index (κ3) is 20.7. The van der Waals surface area contributed by atoms with Crippen LogP contribution in [0.4, 0.5) is 11.4 Å². The molecule has 13 N–H and O–H groups in total. The molecule has 0 saturated carbocycles. The number of nitrogens with zero attached hydrogens (tertiary/aromatic N) is 5. The Bertz CT molecular complexity index is 8800. The Morgan fingerprint density at radius 2 is 0.673 bits per heavy atom. The first-order chi connectivity index (χ1) is 71.9. The summed E-state index contributed by atoms with van der Waals surface area (Å²) in [7, 11) is 7.66. The van der Waals surface area contributed by atoms with Crippen molar-refractivity contribution in [1.29, 1.82) is 0 Å². The highest BCUT2D eigenvalue weighted by molar-refractivity contribution is 6.15. The summed E-state index contributed by atoms with van der Waals surface area (Å²) in [5, 5.41) is 93.3. The number of fused-ring (bicyclic) bond motifs is 8. The molecule has 752 valence electrons. The molecular weight excluding hydrogens is 1930 g/mol. The van der Waals surface area contributed by atoms with Crippen molar-refractivity contribution in [3.8, 4) is 101 Å². The Morgan fingerprint density at radius 1 is 0.347 bits per heavy atom. The van der Waals surface area contributed by atoms with Gasteiger partial charge in [0.05, 0.1) is 67.3 Å². The molecule has 36 heteroatoms. The van der Waals surface area contributed by atoms with Gasteiger partial charge in [-0.25, -0.2) is 33.6 Å². The lowest BCUT2D eigenvalue weighted by molar-refractivity contribution is -0.172. The number of phenols is 2. The summed E-state index contributed by atoms with van der Waals surface area (Å²) in [6, 6.07) is 65.3. The molecule has 0 radical (unpaired) electrons. The van der Waals surface area contributed by atoms with Gasteiger partial charge in [-0.05, 0) is 217 Å². The van der Waals surface area contributed by atoms with Crippen molar-refractivity contribution in [1.82, 2.24) is 21.0 Å². The van der Waals surface area contributed by atoms with E-state index in [1.807, 2.05) is 125 Å². The second kappa shape index (κ2) is 42.5. The molecule has 5 aliphatic heterocycles. The standard InChI is InChI=1S/C55H42N4O12.C37H32N4O8.C22H15NO7/c1-4-56-32-11-16-37-45(23-32)70-46-24-33(59(2)3)12-17-38(46)48(37)35-14-9-30(21-41(35)54(66)67)52(63)57-26-28-5-7-29(8-6-28)51(62)58-27-43-44(61)20-19-40-49(39-18-13-34(60)25-47(39)71-50(40)43)36-15-10-31(53(64)65)22-42(36)55(68)69;1-4-38-24-10-13-27-30(18-24)48-31-19-25(40(2)3)11-14-28(31)34(27)26-12-9-23(17-29(26)36(45)46)35(44)39-20-21-5-7-22(8-6-21)37(47)49-41-32(42)15-16-33(41)43;23-9-16-17(25)6-5-14-19(13-4-2-11(24)8-18(13)30-20(14)16)12-3-1-10(21(26)27)7-15(12)22(28)29/h5-25,61H,4,26-27H2,1-3H3,(H,57,63)(H,58,62)(H,64,65)(H,66,67)(H,68,69);5-14,17-19H,4,15-16,20H2,1-3H3,(H,39,44)(H,45,46);1-8,25H,9,23H2,(H,26,27)(H,28,29). The number of carbonyl (C=O) groups is 12. The van der Waals surface area contributed by atoms with Gasteiger partial charge in [0.1, 0.15) is 56.9 Å². The highest BCUT2D eigenvalue weighted by Crippen LogP contribution is 2.49. The number of anilines is 2. The molecular formula is C114H89N9O27. The molecule has 9 aliphatic rings. The minimum atomic E-state index is -1.40. The molecule has 0 bridgehead atoms. The third-order valence-corrected chi connectivity index (χ3v) is 25.2. The number of rotatable bonds is 26. The number of nitrogens with two attached hydrogens (primary N) is 1. The van der Waals surface area contributed by atoms with Gasteiger partial charge in [-0.3, -0.25) is 43.5 Å². The summed E-state index contributed by atoms with van der Waals surface area (Å²) < 4.78 is 24.7. The number of hydrogen-bond donors (Lipinski definition) is 12. The molecule has 19 rings (SSSR count). The van der Waals surface area contributed by atoms with Crippen molar-refractivity contribution in [3.63, 3.8) is 0 Å². The summed E-state index contributed by atoms with van der Waals surface area (Å²) in [5.41, 5.74) is 14.8. The lowest BCUT2D eigenvalue weighted by Crippen LogP contribution is -2.32. The summed E-state index contributed by atoms with van der Waals surface area (Å²) in [4.78, 5) is 191. The molecule has 1 fully saturated rings. The second-order valence-corrected chi connectivity index (χ2v) is 35.0. The number of carbonyl (C=O) groups excluding carboxylic acids is 6. The SMILES string of the molecule is CCN=c1ccc2c(-c3ccc(C(=O)NCc4ccc(C(=O)NCc5c(O)ccc6c(-c7ccc(C(=O)O)cc7C(=O)O)c7ccc(=O)cc-7oc56)cc4)cc3C(=O)O)c3ccc(N(C)C)cc3oc-2c1.CCN=c1ccc2c(-c3ccc(C(=O)NCc4ccc(C(=O)ON5C(=O)CCC5=O)cc4)cc3C(=O)O)c3ccc(N(C)C)cc3oc-2c1.NCc1c(O)ccc2c(-c3ccc(C(=O)O)cc3C(=O)O)c3ccc(=O)cc-3oc12. The van der Waals surface area contributed by atoms with Gasteiger partial charge in [-0.1, -0.05) is 48.5 Å². The highest BCUT2D eigenvalue weighted by atomic mass is 16.7. The predicted octanol–water partition coefficient (Wildman–Crippen LogP) is 16.9. The lowest BCUT2D eigenvalue weighted by atomic mass is 9.89. The highest BCUT2D eigenvalue weighted by Gasteiger charge is 2.35. The fourth-order valence-corrected chi connectivity index (χ4v) is 17.8. The zero-order valence-corrected chi connectivity index (χ0v) is 80.6. The fraction of sp³-hybridized carbons (Fsp3) is 0.123. The molecule has 10 aromatic carbocycles. The van der Waals surface area contributed by atoms with Gasteiger partial charge in [-0.2, -0.15) is 0 Å². The van der Waals surface area contributed by atoms with E-state index in [2.05, 4.69) is 25.9 Å². The van der Waals surface area contributed by atoms with Crippen LogP contribution in [0, 0.1) is 0 Å². The van der Waals surface area contributed by atoms with Crippen LogP contribution in [0.2, 0.25) is 0 Å². The van der Waals surface area contributed by atoms with Crippen molar-refractivity contribution < 1.29 is 121 Å². The molecule has 0 aromatic heterocycles. The Labute approximate surface area is 848 Å². The minimum Gasteiger partial charge on any atom is -0.507 e. The molecule has 0 unspecified atom stereocenters. The maximum atomic E-state index is 13.6. The van der Waals surface area contributed by atoms with Crippen LogP contribution in [0.25, 0.3) is 134 Å². The van der Waals surface area contributed by atoms with Crippen molar-refractivity contribution in [2.75, 3.05) is 51.1 Å². The second-order valence-electron chi connectivity index (χ2n) is 35.0. The summed E-state index contributed by atoms with van der Waals surface area (Å²) >= 11 is 0. The van der Waals surface area contributed by atoms with Gasteiger partial charge in [-0.15, -0.1) is 5.06 Å². The maximum Gasteiger partial charge on any atom is 0.363 e. The topological polar surface area (TPSA) is 559 Å². The van der Waals surface area contributed by atoms with E-state index in [4.69, 9.17) is 28.2 Å². The molecule has 36 nitrogen and oxygen atoms in total. The number of aromatic hydroxyl groups is 2. The van der Waals surface area contributed by atoms with E-state index in [1.165, 1.54) is 103 Å². The van der Waals surface area contributed by atoms with Gasteiger partial charge in [0.25, 0.3) is 29.5 Å². The first-order valence-electron chi connectivity index (χ1n) is 46.5. The Balaban J connectivity index is 0.000000167. The minimum absolute atomic E-state index is 0.00763. The number of amides is 5. The fourth-order valence-electron chi connectivity index (χ4n) is 17.8. The number of benzene rings is 14. The van der Waals surface area contributed by atoms with E-state index in [0.717, 1.165) is 28.9 Å². The van der Waals surface area contributed by atoms with E-state index in [0.29, 0.717) is 140 Å². The average molecular weight is 2020 g/mol. The van der Waals surface area contributed by atoms with Crippen LogP contribution >= 0.6 is 0 Å². The molecule has 0 spiro atoms. The monoisotopic (exact) mass is 2020 g/mol. The summed E-state index contributed by atoms with van der Waals surface area (Å²) in [6.07, 6.45) is -0.0153. The summed E-state index contributed by atoms with van der Waals surface area (Å²) in [6.45, 7) is 4.81. The molecule has 0 atom stereocenters. The number of hydroxylamine groups is 2. The van der Waals surface area contributed by atoms with Crippen molar-refractivity contribution in [2.45, 2.75) is 52.9 Å². The van der Waals surface area contributed by atoms with Gasteiger partial charge < -0.3 is 94.8 Å². The van der Waals surface area contributed by atoms with Crippen LogP contribution in [-0.2, 0) is 40.6 Å². The number of imide groups is 1. The van der Waals surface area contributed by atoms with E-state index >= 15 is 0 Å². The van der Waals surface area contributed by atoms with Crippen molar-refractivity contribution in [3.05, 3.63) is 364 Å². The van der Waals surface area contributed by atoms with Crippen LogP contribution in [0.3, 0.4) is 0 Å². The van der Waals surface area contributed by atoms with Gasteiger partial charge in [0.15, 0.2) is 10.9 Å². The van der Waals surface area contributed by atoms with E-state index in [1.54, 1.807) is 66.7 Å². The van der Waals surface area contributed by atoms with Crippen molar-refractivity contribution in [2.24, 2.45) is 15.7 Å². The third-order valence-electron chi connectivity index (χ3n) is 25.2. The summed E-state index contributed by atoms with van der Waals surface area (Å²) in [5.74, 6) is -10.4. The normalized spacial score (nSPS) is 12.0. The Morgan fingerprint density at radius 3 is 1.05 bits per heavy atom. The van der Waals surface area contributed by atoms with E-state index in [-0.39, 0.29) is 151 Å². The molecule has 10 aromatic rings. The number of aromatic carboxylic acids is 6. The number of carboxylic acids is 6. The first-order valence-corrected chi connectivity index (χ1v) is 46.5. The van der Waals surface area contributed by atoms with E-state index in [9.17, 15) is 108 Å². The number of phenolic OH excluding ortho intramolecular Hbond substituents is 2. The first kappa shape index (κ1) is 101. The number of hydrogen-bond acceptors (Lipinski definition) is 26. The molecule has 5 heterocycles. The van der Waals surface area contributed by atoms with E-state index < -0.39 is 76.7 Å². The van der Waals surface area contributed by atoms with Crippen LogP contribution < -0.4 is 53.1 Å². The van der Waals surface area contributed by atoms with Crippen molar-refractivity contribution >= 4 is 127 Å². The lowest BCUT2D eigenvalue weighted by Gasteiger charge is -2.19. The maximum absolute atomic E-state index is 13.6. The molecule has 150 heavy (non-hydrogen) atoms. The van der Waals surface area contributed by atoms with Crippen LogP contribution in [0.1, 0.15) is 153 Å². The zero-order chi connectivity index (χ0) is 107. The predicted molar refractivity (Wildman–Crippen MR) is 552 cm³/mol. The van der Waals surface area contributed by atoms with Crippen LogP contribution in [0.5, 0.6) is 11.5 Å². The van der Waals surface area contributed by atoms with Gasteiger partial charge >= 0.3 is 41.8 Å². The zero-order valence-electron chi connectivity index (χ0n) is 80.6. The Hall–Kier alpha value is -20.0. The molecule has 5 amide bonds.